The Kier molecular flexibility index (Phi) is 4.13. The van der Waals surface area contributed by atoms with E-state index in [0.29, 0.717) is 11.8 Å². The molecule has 0 radical (unpaired) electrons. The Balaban J connectivity index is 1.40. The van der Waals surface area contributed by atoms with Gasteiger partial charge in [0.1, 0.15) is 5.82 Å². The first-order chi connectivity index (χ1) is 15.8. The van der Waals surface area contributed by atoms with Crippen LogP contribution >= 0.6 is 0 Å². The third-order valence-electron chi connectivity index (χ3n) is 8.09. The zero-order valence-corrected chi connectivity index (χ0v) is 19.3. The van der Waals surface area contributed by atoms with E-state index in [1.54, 1.807) is 0 Å². The van der Waals surface area contributed by atoms with Gasteiger partial charge < -0.3 is 20.2 Å². The summed E-state index contributed by atoms with van der Waals surface area (Å²) in [5.74, 6) is 2.25. The summed E-state index contributed by atoms with van der Waals surface area (Å²) < 4.78 is 1.86. The molecule has 3 aliphatic rings. The van der Waals surface area contributed by atoms with Crippen molar-refractivity contribution in [2.24, 2.45) is 11.3 Å². The lowest BCUT2D eigenvalue weighted by molar-refractivity contribution is 0.0263. The molecule has 3 aromatic rings. The molecule has 8 nitrogen and oxygen atoms in total. The molecule has 8 heteroatoms. The van der Waals surface area contributed by atoms with Gasteiger partial charge in [0, 0.05) is 49.5 Å². The predicted octanol–water partition coefficient (Wildman–Crippen LogP) is 3.75. The molecular formula is C25H29N7O. The quantitative estimate of drug-likeness (QED) is 0.585. The van der Waals surface area contributed by atoms with Gasteiger partial charge in [0.2, 0.25) is 5.95 Å². The molecule has 6 rings (SSSR count). The number of anilines is 2. The third kappa shape index (κ3) is 3.02. The number of fused-ring (bicyclic) bond motifs is 1. The molecular weight excluding hydrogens is 414 g/mol. The van der Waals surface area contributed by atoms with Crippen LogP contribution in [0, 0.1) is 17.9 Å². The molecule has 3 fully saturated rings. The summed E-state index contributed by atoms with van der Waals surface area (Å²) in [6.07, 6.45) is 6.07. The minimum Gasteiger partial charge on any atom is -0.390 e. The highest BCUT2D eigenvalue weighted by molar-refractivity contribution is 5.81. The standard InChI is InChI=1S/C25H29N7O/c1-23(2,33)18-7-10-31(14-18)20-12-21(30-22(26-3)29-20)32-19-11-17(6-5-16(19)13-28-32)25(27-4)15-24(25)8-9-24/h5-6,11-13,18,33H,7-10,14-15H2,1-3H3,(H,26,29,30)/t18-,25+/m1/s1. The van der Waals surface area contributed by atoms with Gasteiger partial charge in [-0.2, -0.15) is 15.1 Å². The lowest BCUT2D eigenvalue weighted by atomic mass is 9.90. The van der Waals surface area contributed by atoms with Crippen LogP contribution in [0.1, 0.15) is 45.1 Å². The Bertz CT molecular complexity index is 1300. The summed E-state index contributed by atoms with van der Waals surface area (Å²) in [6.45, 7) is 13.2. The maximum Gasteiger partial charge on any atom is 0.264 e. The molecule has 0 bridgehead atoms. The predicted molar refractivity (Wildman–Crippen MR) is 127 cm³/mol. The van der Waals surface area contributed by atoms with Crippen molar-refractivity contribution in [2.75, 3.05) is 30.4 Å². The first-order valence-corrected chi connectivity index (χ1v) is 11.7. The summed E-state index contributed by atoms with van der Waals surface area (Å²) in [6, 6.07) is 8.28. The van der Waals surface area contributed by atoms with Gasteiger partial charge in [-0.05, 0) is 39.2 Å². The van der Waals surface area contributed by atoms with Gasteiger partial charge >= 0.3 is 0 Å². The fourth-order valence-electron chi connectivity index (χ4n) is 5.63. The fourth-order valence-corrected chi connectivity index (χ4v) is 5.63. The second kappa shape index (κ2) is 6.67. The number of hydrogen-bond donors (Lipinski definition) is 2. The Morgan fingerprint density at radius 2 is 2.00 bits per heavy atom. The Labute approximate surface area is 193 Å². The van der Waals surface area contributed by atoms with Crippen LogP contribution in [0.2, 0.25) is 0 Å². The normalized spacial score (nSPS) is 25.4. The molecule has 2 aliphatic carbocycles. The van der Waals surface area contributed by atoms with Gasteiger partial charge in [0.15, 0.2) is 5.82 Å². The van der Waals surface area contributed by atoms with Crippen LogP contribution in [0.25, 0.3) is 21.6 Å². The Morgan fingerprint density at radius 1 is 1.21 bits per heavy atom. The van der Waals surface area contributed by atoms with E-state index in [9.17, 15) is 5.11 Å². The number of rotatable bonds is 5. The molecule has 3 heterocycles. The molecule has 2 saturated carbocycles. The average Bonchev–Trinajstić information content (AvgIpc) is 3.55. The Hall–Kier alpha value is -3.18. The number of hydrogen-bond acceptors (Lipinski definition) is 6. The van der Waals surface area contributed by atoms with Crippen LogP contribution in [0.3, 0.4) is 0 Å². The molecule has 2 aromatic heterocycles. The minimum atomic E-state index is -0.717. The molecule has 1 aliphatic heterocycles. The molecule has 33 heavy (non-hydrogen) atoms. The van der Waals surface area contributed by atoms with Crippen LogP contribution in [-0.2, 0) is 5.54 Å². The zero-order chi connectivity index (χ0) is 23.0. The van der Waals surface area contributed by atoms with Crippen LogP contribution in [0.5, 0.6) is 0 Å². The van der Waals surface area contributed by atoms with E-state index in [1.807, 2.05) is 37.8 Å². The van der Waals surface area contributed by atoms with Crippen molar-refractivity contribution in [3.63, 3.8) is 0 Å². The van der Waals surface area contributed by atoms with Gasteiger partial charge in [0.25, 0.3) is 5.54 Å². The van der Waals surface area contributed by atoms with Gasteiger partial charge in [-0.15, -0.1) is 0 Å². The zero-order valence-electron chi connectivity index (χ0n) is 19.3. The topological polar surface area (TPSA) is 83.5 Å². The van der Waals surface area contributed by atoms with Gasteiger partial charge in [-0.3, -0.25) is 0 Å². The first kappa shape index (κ1) is 20.4. The van der Waals surface area contributed by atoms with Crippen molar-refractivity contribution in [1.29, 1.82) is 0 Å². The average molecular weight is 444 g/mol. The highest BCUT2D eigenvalue weighted by Crippen LogP contribution is 2.79. The van der Waals surface area contributed by atoms with E-state index in [-0.39, 0.29) is 16.9 Å². The minimum absolute atomic E-state index is 0.195. The van der Waals surface area contributed by atoms with E-state index < -0.39 is 5.60 Å². The van der Waals surface area contributed by atoms with Crippen molar-refractivity contribution < 1.29 is 5.11 Å². The van der Waals surface area contributed by atoms with E-state index in [2.05, 4.69) is 43.3 Å². The van der Waals surface area contributed by atoms with E-state index >= 15 is 0 Å². The molecule has 170 valence electrons. The summed E-state index contributed by atoms with van der Waals surface area (Å²) in [4.78, 5) is 15.7. The highest BCUT2D eigenvalue weighted by Gasteiger charge is 2.82. The summed E-state index contributed by atoms with van der Waals surface area (Å²) in [5.41, 5.74) is 1.21. The lowest BCUT2D eigenvalue weighted by Gasteiger charge is -2.26. The van der Waals surface area contributed by atoms with Crippen molar-refractivity contribution in [3.8, 4) is 5.82 Å². The molecule has 0 unspecified atom stereocenters. The van der Waals surface area contributed by atoms with Crippen molar-refractivity contribution in [3.05, 3.63) is 47.4 Å². The largest absolute Gasteiger partial charge is 0.390 e. The molecule has 2 N–H and O–H groups in total. The number of nitrogens with zero attached hydrogens (tertiary/aromatic N) is 6. The second-order valence-corrected chi connectivity index (χ2v) is 10.5. The molecule has 0 amide bonds. The number of nitrogens with one attached hydrogen (secondary N) is 1. The fraction of sp³-hybridized carbons (Fsp3) is 0.520. The first-order valence-electron chi connectivity index (χ1n) is 11.7. The maximum atomic E-state index is 10.5. The monoisotopic (exact) mass is 443 g/mol. The Morgan fingerprint density at radius 3 is 2.64 bits per heavy atom. The summed E-state index contributed by atoms with van der Waals surface area (Å²) >= 11 is 0. The highest BCUT2D eigenvalue weighted by atomic mass is 16.3. The smallest absolute Gasteiger partial charge is 0.264 e. The van der Waals surface area contributed by atoms with E-state index in [4.69, 9.17) is 11.6 Å². The van der Waals surface area contributed by atoms with Crippen molar-refractivity contribution in [1.82, 2.24) is 19.7 Å². The molecule has 2 atom stereocenters. The van der Waals surface area contributed by atoms with E-state index in [0.717, 1.165) is 61.1 Å². The molecule has 1 aromatic carbocycles. The van der Waals surface area contributed by atoms with Gasteiger partial charge in [-0.25, -0.2) is 11.3 Å². The van der Waals surface area contributed by atoms with Gasteiger partial charge in [0.05, 0.1) is 22.7 Å². The van der Waals surface area contributed by atoms with Gasteiger partial charge in [-0.1, -0.05) is 12.1 Å². The summed E-state index contributed by atoms with van der Waals surface area (Å²) in [5, 5.41) is 19.2. The van der Waals surface area contributed by atoms with E-state index in [1.165, 1.54) is 0 Å². The van der Waals surface area contributed by atoms with Crippen LogP contribution in [0.15, 0.2) is 30.5 Å². The molecule has 1 saturated heterocycles. The number of benzene rings is 1. The van der Waals surface area contributed by atoms with Crippen molar-refractivity contribution in [2.45, 2.75) is 50.7 Å². The number of aromatic nitrogens is 4. The van der Waals surface area contributed by atoms with Crippen LogP contribution < -0.4 is 10.2 Å². The summed E-state index contributed by atoms with van der Waals surface area (Å²) in [7, 11) is 1.81. The molecule has 1 spiro atoms. The van der Waals surface area contributed by atoms with Crippen LogP contribution in [-0.4, -0.2) is 50.6 Å². The second-order valence-electron chi connectivity index (χ2n) is 10.5. The number of aliphatic hydroxyl groups is 1. The van der Waals surface area contributed by atoms with Crippen LogP contribution in [0.4, 0.5) is 11.8 Å². The van der Waals surface area contributed by atoms with Crippen molar-refractivity contribution >= 4 is 22.7 Å². The third-order valence-corrected chi connectivity index (χ3v) is 8.09. The SMILES string of the molecule is [C-]#[N+][C@]1(c2ccc3cnn(-c4cc(N5CC[C@@H](C(C)(C)O)C5)nc(NC)n4)c3c2)CC12CC2. The lowest BCUT2D eigenvalue weighted by Crippen LogP contribution is -2.33. The maximum absolute atomic E-state index is 10.5.